The number of halogens is 1. The van der Waals surface area contributed by atoms with Crippen LogP contribution in [-0.4, -0.2) is 9.97 Å². The van der Waals surface area contributed by atoms with Gasteiger partial charge in [-0.2, -0.15) is 5.26 Å². The Morgan fingerprint density at radius 2 is 1.69 bits per heavy atom. The molecule has 0 bridgehead atoms. The minimum atomic E-state index is 0.640. The van der Waals surface area contributed by atoms with Crippen LogP contribution in [0.2, 0.25) is 5.02 Å². The highest BCUT2D eigenvalue weighted by Gasteiger charge is 2.07. The molecular weight excluding hydrogens is 344 g/mol. The quantitative estimate of drug-likeness (QED) is 0.521. The van der Waals surface area contributed by atoms with Gasteiger partial charge in [0.05, 0.1) is 17.1 Å². The summed E-state index contributed by atoms with van der Waals surface area (Å²) < 4.78 is 0. The van der Waals surface area contributed by atoms with Crippen LogP contribution in [0.3, 0.4) is 0 Å². The Labute approximate surface area is 155 Å². The average molecular weight is 357 g/mol. The van der Waals surface area contributed by atoms with Gasteiger partial charge in [-0.05, 0) is 53.6 Å². The van der Waals surface area contributed by atoms with Crippen molar-refractivity contribution >= 4 is 34.0 Å². The van der Waals surface area contributed by atoms with Gasteiger partial charge in [-0.15, -0.1) is 0 Å². The topological polar surface area (TPSA) is 61.6 Å². The van der Waals surface area contributed by atoms with Crippen LogP contribution in [0.5, 0.6) is 0 Å². The number of nitrogens with zero attached hydrogens (tertiary/aromatic N) is 3. The Morgan fingerprint density at radius 3 is 2.46 bits per heavy atom. The number of nitriles is 1. The summed E-state index contributed by atoms with van der Waals surface area (Å²) in [6, 6.07) is 23.2. The number of anilines is 2. The lowest BCUT2D eigenvalue weighted by atomic mass is 10.0. The van der Waals surface area contributed by atoms with Gasteiger partial charge in [0.1, 0.15) is 12.1 Å². The SMILES string of the molecule is N#Cc1ccc(-c2ccc3ncnc(Nc4cccc(Cl)c4)c3c2)cc1. The lowest BCUT2D eigenvalue weighted by Crippen LogP contribution is -1.96. The molecule has 0 saturated heterocycles. The number of aromatic nitrogens is 2. The number of fused-ring (bicyclic) bond motifs is 1. The summed E-state index contributed by atoms with van der Waals surface area (Å²) in [7, 11) is 0. The maximum atomic E-state index is 8.95. The van der Waals surface area contributed by atoms with Gasteiger partial charge in [0.25, 0.3) is 0 Å². The molecule has 1 aromatic heterocycles. The van der Waals surface area contributed by atoms with Crippen molar-refractivity contribution in [3.63, 3.8) is 0 Å². The van der Waals surface area contributed by atoms with Crippen LogP contribution in [0.25, 0.3) is 22.0 Å². The first kappa shape index (κ1) is 16.1. The summed E-state index contributed by atoms with van der Waals surface area (Å²) in [5.41, 5.74) is 4.42. The molecule has 0 aliphatic rings. The van der Waals surface area contributed by atoms with Crippen LogP contribution >= 0.6 is 11.6 Å². The molecule has 124 valence electrons. The van der Waals surface area contributed by atoms with Gasteiger partial charge in [-0.25, -0.2) is 9.97 Å². The molecule has 4 rings (SSSR count). The third-order valence-electron chi connectivity index (χ3n) is 4.07. The van der Waals surface area contributed by atoms with E-state index in [1.54, 1.807) is 0 Å². The molecule has 0 aliphatic heterocycles. The van der Waals surface area contributed by atoms with Gasteiger partial charge < -0.3 is 5.32 Å². The van der Waals surface area contributed by atoms with Crippen molar-refractivity contribution in [1.29, 1.82) is 5.26 Å². The number of benzene rings is 3. The summed E-state index contributed by atoms with van der Waals surface area (Å²) in [5, 5.41) is 13.8. The molecule has 0 amide bonds. The van der Waals surface area contributed by atoms with Gasteiger partial charge in [0, 0.05) is 16.1 Å². The first-order chi connectivity index (χ1) is 12.7. The van der Waals surface area contributed by atoms with E-state index < -0.39 is 0 Å². The molecule has 5 heteroatoms. The van der Waals surface area contributed by atoms with Crippen molar-refractivity contribution in [2.75, 3.05) is 5.32 Å². The fraction of sp³-hybridized carbons (Fsp3) is 0. The first-order valence-corrected chi connectivity index (χ1v) is 8.38. The van der Waals surface area contributed by atoms with Crippen molar-refractivity contribution < 1.29 is 0 Å². The zero-order valence-electron chi connectivity index (χ0n) is 13.6. The minimum Gasteiger partial charge on any atom is -0.340 e. The lowest BCUT2D eigenvalue weighted by molar-refractivity contribution is 1.22. The fourth-order valence-electron chi connectivity index (χ4n) is 2.78. The first-order valence-electron chi connectivity index (χ1n) is 8.01. The maximum Gasteiger partial charge on any atom is 0.141 e. The number of rotatable bonds is 3. The smallest absolute Gasteiger partial charge is 0.141 e. The van der Waals surface area contributed by atoms with E-state index >= 15 is 0 Å². The van der Waals surface area contributed by atoms with E-state index in [4.69, 9.17) is 16.9 Å². The van der Waals surface area contributed by atoms with Crippen LogP contribution in [0, 0.1) is 11.3 Å². The zero-order chi connectivity index (χ0) is 17.9. The van der Waals surface area contributed by atoms with E-state index in [2.05, 4.69) is 21.4 Å². The van der Waals surface area contributed by atoms with Crippen LogP contribution in [0.4, 0.5) is 11.5 Å². The predicted molar refractivity (Wildman–Crippen MR) is 104 cm³/mol. The number of nitrogens with one attached hydrogen (secondary N) is 1. The summed E-state index contributed by atoms with van der Waals surface area (Å²) >= 11 is 6.06. The van der Waals surface area contributed by atoms with E-state index in [0.29, 0.717) is 16.4 Å². The maximum absolute atomic E-state index is 8.95. The molecule has 0 aliphatic carbocycles. The third-order valence-corrected chi connectivity index (χ3v) is 4.31. The van der Waals surface area contributed by atoms with E-state index in [-0.39, 0.29) is 0 Å². The molecule has 0 saturated carbocycles. The van der Waals surface area contributed by atoms with Crippen molar-refractivity contribution in [3.05, 3.63) is 83.6 Å². The Balaban J connectivity index is 1.77. The molecule has 26 heavy (non-hydrogen) atoms. The highest BCUT2D eigenvalue weighted by Crippen LogP contribution is 2.29. The predicted octanol–water partition coefficient (Wildman–Crippen LogP) is 5.57. The molecule has 0 spiro atoms. The van der Waals surface area contributed by atoms with Gasteiger partial charge in [-0.3, -0.25) is 0 Å². The monoisotopic (exact) mass is 356 g/mol. The van der Waals surface area contributed by atoms with Crippen LogP contribution in [0.15, 0.2) is 73.1 Å². The highest BCUT2D eigenvalue weighted by molar-refractivity contribution is 6.30. The second-order valence-corrected chi connectivity index (χ2v) is 6.22. The second kappa shape index (κ2) is 6.83. The molecule has 4 nitrogen and oxygen atoms in total. The van der Waals surface area contributed by atoms with Crippen LogP contribution in [0.1, 0.15) is 5.56 Å². The average Bonchev–Trinajstić information content (AvgIpc) is 2.68. The molecule has 4 aromatic rings. The molecule has 1 heterocycles. The summed E-state index contributed by atoms with van der Waals surface area (Å²) in [6.07, 6.45) is 1.54. The Kier molecular flexibility index (Phi) is 4.22. The summed E-state index contributed by atoms with van der Waals surface area (Å²) in [4.78, 5) is 8.73. The molecule has 1 N–H and O–H groups in total. The molecule has 0 atom stereocenters. The summed E-state index contributed by atoms with van der Waals surface area (Å²) in [5.74, 6) is 0.716. The minimum absolute atomic E-state index is 0.640. The van der Waals surface area contributed by atoms with E-state index in [9.17, 15) is 0 Å². The van der Waals surface area contributed by atoms with Gasteiger partial charge >= 0.3 is 0 Å². The van der Waals surface area contributed by atoms with Gasteiger partial charge in [-0.1, -0.05) is 35.9 Å². The van der Waals surface area contributed by atoms with Crippen molar-refractivity contribution in [2.45, 2.75) is 0 Å². The van der Waals surface area contributed by atoms with E-state index in [1.807, 2.05) is 66.7 Å². The summed E-state index contributed by atoms with van der Waals surface area (Å²) in [6.45, 7) is 0. The Bertz CT molecular complexity index is 1130. The van der Waals surface area contributed by atoms with Crippen molar-refractivity contribution in [2.24, 2.45) is 0 Å². The largest absolute Gasteiger partial charge is 0.340 e. The fourth-order valence-corrected chi connectivity index (χ4v) is 2.97. The second-order valence-electron chi connectivity index (χ2n) is 5.78. The van der Waals surface area contributed by atoms with Crippen LogP contribution in [-0.2, 0) is 0 Å². The Hall–Kier alpha value is -3.42. The number of hydrogen-bond acceptors (Lipinski definition) is 4. The molecule has 0 fully saturated rings. The van der Waals surface area contributed by atoms with Gasteiger partial charge in [0.2, 0.25) is 0 Å². The van der Waals surface area contributed by atoms with Crippen molar-refractivity contribution in [1.82, 2.24) is 9.97 Å². The van der Waals surface area contributed by atoms with Crippen LogP contribution < -0.4 is 5.32 Å². The molecular formula is C21H13ClN4. The van der Waals surface area contributed by atoms with Crippen molar-refractivity contribution in [3.8, 4) is 17.2 Å². The lowest BCUT2D eigenvalue weighted by Gasteiger charge is -2.10. The normalized spacial score (nSPS) is 10.5. The molecule has 0 radical (unpaired) electrons. The van der Waals surface area contributed by atoms with Gasteiger partial charge in [0.15, 0.2) is 0 Å². The molecule has 3 aromatic carbocycles. The van der Waals surface area contributed by atoms with E-state index in [0.717, 1.165) is 27.7 Å². The zero-order valence-corrected chi connectivity index (χ0v) is 14.4. The number of hydrogen-bond donors (Lipinski definition) is 1. The highest BCUT2D eigenvalue weighted by atomic mass is 35.5. The standard InChI is InChI=1S/C21H13ClN4/c22-17-2-1-3-18(11-17)26-21-19-10-16(8-9-20(19)24-13-25-21)15-6-4-14(12-23)5-7-15/h1-11,13H,(H,24,25,26). The molecule has 0 unspecified atom stereocenters. The van der Waals surface area contributed by atoms with E-state index in [1.165, 1.54) is 6.33 Å². The Morgan fingerprint density at radius 1 is 0.885 bits per heavy atom. The third kappa shape index (κ3) is 3.21.